The van der Waals surface area contributed by atoms with Gasteiger partial charge < -0.3 is 57.9 Å². The first-order valence-corrected chi connectivity index (χ1v) is 41.1. The van der Waals surface area contributed by atoms with Gasteiger partial charge in [0.05, 0.1) is 105 Å². The van der Waals surface area contributed by atoms with Gasteiger partial charge in [0.25, 0.3) is 0 Å². The molecule has 24 nitrogen and oxygen atoms in total. The first kappa shape index (κ1) is 88.6. The molecule has 3 saturated heterocycles. The Bertz CT molecular complexity index is 4820. The van der Waals surface area contributed by atoms with Gasteiger partial charge in [-0.1, -0.05) is 95.2 Å². The van der Waals surface area contributed by atoms with Crippen LogP contribution in [0.15, 0.2) is 129 Å². The van der Waals surface area contributed by atoms with Crippen molar-refractivity contribution in [2.45, 2.75) is 142 Å². The van der Waals surface area contributed by atoms with Crippen LogP contribution in [0.2, 0.25) is 30.1 Å². The smallest absolute Gasteiger partial charge is 0.410 e. The number of carbonyl (C=O) groups is 3. The predicted octanol–water partition coefficient (Wildman–Crippen LogP) is 17.2. The number of imidazole rings is 3. The summed E-state index contributed by atoms with van der Waals surface area (Å²) in [7, 11) is 5.55. The lowest BCUT2D eigenvalue weighted by Gasteiger charge is -2.40. The first-order chi connectivity index (χ1) is 55.0. The van der Waals surface area contributed by atoms with Gasteiger partial charge >= 0.3 is 18.3 Å². The van der Waals surface area contributed by atoms with Gasteiger partial charge in [0.15, 0.2) is 0 Å². The summed E-state index contributed by atoms with van der Waals surface area (Å²) in [5.41, 5.74) is 8.23. The average Bonchev–Trinajstić information content (AvgIpc) is 1.72. The second-order valence-corrected chi connectivity index (χ2v) is 36.5. The van der Waals surface area contributed by atoms with Gasteiger partial charge in [-0.2, -0.15) is 0 Å². The summed E-state index contributed by atoms with van der Waals surface area (Å²) in [6.45, 7) is 28.9. The summed E-state index contributed by atoms with van der Waals surface area (Å²) in [6, 6.07) is 22.2. The maximum Gasteiger partial charge on any atom is 0.410 e. The van der Waals surface area contributed by atoms with Gasteiger partial charge in [0.2, 0.25) is 0 Å². The quantitative estimate of drug-likeness (QED) is 0.114. The van der Waals surface area contributed by atoms with Crippen LogP contribution in [0, 0.1) is 0 Å². The monoisotopic (exact) mass is 1720 g/mol. The van der Waals surface area contributed by atoms with E-state index in [9.17, 15) is 29.7 Å². The molecule has 6 aliphatic rings. The van der Waals surface area contributed by atoms with Gasteiger partial charge in [0, 0.05) is 150 Å². The normalized spacial score (nSPS) is 19.3. The molecule has 0 spiro atoms. The number of amides is 3. The molecule has 3 aromatic carbocycles. The topological polar surface area (TPSA) is 251 Å². The summed E-state index contributed by atoms with van der Waals surface area (Å²) in [6.07, 6.45) is 19.9. The first-order valence-electron chi connectivity index (χ1n) is 38.8. The van der Waals surface area contributed by atoms with Crippen LogP contribution in [0.25, 0.3) is 34.9 Å². The van der Waals surface area contributed by atoms with E-state index >= 15 is 0 Å². The zero-order chi connectivity index (χ0) is 84.3. The predicted molar refractivity (Wildman–Crippen MR) is 464 cm³/mol. The number of ether oxygens (including phenoxy) is 3. The molecule has 3 aliphatic carbocycles. The van der Waals surface area contributed by atoms with Gasteiger partial charge in [-0.05, 0) is 206 Å². The lowest BCUT2D eigenvalue weighted by molar-refractivity contribution is 0.0108. The minimum Gasteiger partial charge on any atom is -0.444 e. The summed E-state index contributed by atoms with van der Waals surface area (Å²) in [5.74, 6) is 0. The lowest BCUT2D eigenvalue weighted by atomic mass is 9.85. The maximum absolute atomic E-state index is 12.7. The molecule has 626 valence electrons. The van der Waals surface area contributed by atoms with Crippen LogP contribution in [-0.2, 0) is 52.2 Å². The number of benzene rings is 3. The van der Waals surface area contributed by atoms with Crippen LogP contribution in [-0.4, -0.2) is 202 Å². The average molecular weight is 1730 g/mol. The SMILES string of the molecule is C.Cn1cncc1C(C)(O)C1=Cc2cc(Cl)ccc2[C@H](N2CCN(C(=O)OC(C)(C)C)CC2)c2ncc(Cl)cc21.Cn1cncc1C(C)(O)C1=Cc2cc(Cl)ccc2[C@H](N2CCN(C(=O)OC(C)(C)C)CC2)c2ncc(Cl)cc21.Cn1cncc1C(C)(O)C1=Cc2cc(Cl)ccc2[C@H](N2CCN(C(=O)OC(C)(C)C)CC2)c2ncc(Cl)cc21. The van der Waals surface area contributed by atoms with Crippen molar-refractivity contribution < 1.29 is 43.9 Å². The van der Waals surface area contributed by atoms with Gasteiger partial charge in [0.1, 0.15) is 33.6 Å². The van der Waals surface area contributed by atoms with Crippen molar-refractivity contribution >= 4 is 123 Å². The fraction of sp³-hybridized carbons (Fsp3) is 0.420. The molecule has 0 radical (unpaired) electrons. The molecule has 118 heavy (non-hydrogen) atoms. The number of hydrogen-bond acceptors (Lipinski definition) is 18. The second kappa shape index (κ2) is 34.8. The Kier molecular flexibility index (Phi) is 26.1. The summed E-state index contributed by atoms with van der Waals surface area (Å²) in [5, 5.41) is 39.2. The molecule has 9 aromatic rings. The van der Waals surface area contributed by atoms with E-state index in [0.29, 0.717) is 142 Å². The number of hydrogen-bond donors (Lipinski definition) is 3. The van der Waals surface area contributed by atoms with Gasteiger partial charge in [-0.15, -0.1) is 0 Å². The molecule has 15 rings (SSSR count). The summed E-state index contributed by atoms with van der Waals surface area (Å²) >= 11 is 38.9. The Morgan fingerprint density at radius 1 is 0.356 bits per heavy atom. The molecule has 9 heterocycles. The molecule has 6 atom stereocenters. The highest BCUT2D eigenvalue weighted by Crippen LogP contribution is 2.51. The van der Waals surface area contributed by atoms with Crippen molar-refractivity contribution in [3.05, 3.63) is 243 Å². The number of piperazine rings is 3. The van der Waals surface area contributed by atoms with Crippen molar-refractivity contribution in [1.29, 1.82) is 0 Å². The number of fused-ring (bicyclic) bond motifs is 6. The van der Waals surface area contributed by atoms with Crippen LogP contribution in [0.1, 0.15) is 193 Å². The zero-order valence-corrected chi connectivity index (χ0v) is 72.9. The van der Waals surface area contributed by atoms with Crippen LogP contribution in [0.4, 0.5) is 14.4 Å². The Morgan fingerprint density at radius 2 is 0.593 bits per heavy atom. The third kappa shape index (κ3) is 19.0. The Balaban J connectivity index is 0.000000162. The highest BCUT2D eigenvalue weighted by Gasteiger charge is 2.45. The molecule has 3 aliphatic heterocycles. The van der Waals surface area contributed by atoms with Crippen molar-refractivity contribution in [3.8, 4) is 0 Å². The Hall–Kier alpha value is -8.73. The van der Waals surface area contributed by atoms with E-state index in [1.165, 1.54) is 0 Å². The van der Waals surface area contributed by atoms with Crippen molar-refractivity contribution in [2.75, 3.05) is 78.5 Å². The molecule has 6 aromatic heterocycles. The lowest BCUT2D eigenvalue weighted by Crippen LogP contribution is -2.51. The molecule has 3 unspecified atom stereocenters. The van der Waals surface area contributed by atoms with E-state index in [1.807, 2.05) is 174 Å². The number of pyridine rings is 3. The number of carbonyl (C=O) groups excluding carboxylic acids is 3. The number of halogens is 6. The minimum atomic E-state index is -1.41. The standard InChI is InChI=1S/3C29H33Cl2N5O3.CH4/c3*1-28(2,3)39-27(37)36-10-8-35(9-11-36)26-21-7-6-19(30)12-18(21)13-23(22-14-20(31)15-33-25(22)26)29(4,38)24-16-32-17-34(24)5;/h3*6-7,12-17,26,38H,8-11H2,1-5H3;1H4/t3*26-,29?;/m000./s1. The van der Waals surface area contributed by atoms with Crippen molar-refractivity contribution in [2.24, 2.45) is 21.1 Å². The molecule has 3 N–H and O–H groups in total. The number of aliphatic hydroxyl groups is 3. The number of aryl methyl sites for hydroxylation is 3. The van der Waals surface area contributed by atoms with Crippen LogP contribution in [0.5, 0.6) is 0 Å². The zero-order valence-electron chi connectivity index (χ0n) is 68.3. The highest BCUT2D eigenvalue weighted by molar-refractivity contribution is 6.32. The number of nitrogens with zero attached hydrogens (tertiary/aromatic N) is 15. The third-order valence-electron chi connectivity index (χ3n) is 21.7. The summed E-state index contributed by atoms with van der Waals surface area (Å²) in [4.78, 5) is 77.5. The molecular weight excluding hydrogens is 1620 g/mol. The van der Waals surface area contributed by atoms with Gasteiger partial charge in [-0.25, -0.2) is 29.3 Å². The maximum atomic E-state index is 12.7. The number of rotatable bonds is 9. The summed E-state index contributed by atoms with van der Waals surface area (Å²) < 4.78 is 22.2. The van der Waals surface area contributed by atoms with Crippen molar-refractivity contribution in [3.63, 3.8) is 0 Å². The van der Waals surface area contributed by atoms with E-state index in [0.717, 1.165) is 67.2 Å². The molecular formula is C88H103Cl6N15O9. The van der Waals surface area contributed by atoms with Crippen LogP contribution < -0.4 is 0 Å². The van der Waals surface area contributed by atoms with E-state index in [1.54, 1.807) is 105 Å². The largest absolute Gasteiger partial charge is 0.444 e. The number of aromatic nitrogens is 9. The molecule has 30 heteroatoms. The van der Waals surface area contributed by atoms with E-state index in [2.05, 4.69) is 29.7 Å². The molecule has 0 saturated carbocycles. The molecule has 3 amide bonds. The van der Waals surface area contributed by atoms with E-state index in [-0.39, 0.29) is 43.8 Å². The van der Waals surface area contributed by atoms with Gasteiger partial charge in [-0.3, -0.25) is 29.7 Å². The van der Waals surface area contributed by atoms with Crippen LogP contribution >= 0.6 is 69.6 Å². The Labute approximate surface area is 720 Å². The molecule has 3 fully saturated rings. The second-order valence-electron chi connectivity index (χ2n) is 33.9. The van der Waals surface area contributed by atoms with Crippen LogP contribution in [0.3, 0.4) is 0 Å². The van der Waals surface area contributed by atoms with E-state index in [4.69, 9.17) is 98.8 Å². The minimum absolute atomic E-state index is 0. The van der Waals surface area contributed by atoms with Crippen molar-refractivity contribution in [1.82, 2.24) is 73.0 Å². The fourth-order valence-electron chi connectivity index (χ4n) is 16.2. The molecule has 0 bridgehead atoms. The Morgan fingerprint density at radius 3 is 0.805 bits per heavy atom. The highest BCUT2D eigenvalue weighted by atomic mass is 35.5. The van der Waals surface area contributed by atoms with E-state index < -0.39 is 33.6 Å². The third-order valence-corrected chi connectivity index (χ3v) is 23.1. The fourth-order valence-corrected chi connectivity index (χ4v) is 17.2.